The maximum absolute atomic E-state index is 12.1. The van der Waals surface area contributed by atoms with Crippen LogP contribution >= 0.6 is 0 Å². The Bertz CT molecular complexity index is 378. The highest BCUT2D eigenvalue weighted by molar-refractivity contribution is 5.90. The minimum Gasteiger partial charge on any atom is -0.395 e. The molecular formula is C11H20N4O3. The van der Waals surface area contributed by atoms with Gasteiger partial charge < -0.3 is 14.7 Å². The number of hydrogen-bond donors (Lipinski definition) is 2. The summed E-state index contributed by atoms with van der Waals surface area (Å²) in [7, 11) is 1.56. The molecule has 1 aromatic rings. The van der Waals surface area contributed by atoms with Crippen molar-refractivity contribution < 1.29 is 14.6 Å². The monoisotopic (exact) mass is 256 g/mol. The Labute approximate surface area is 106 Å². The Morgan fingerprint density at radius 1 is 1.50 bits per heavy atom. The van der Waals surface area contributed by atoms with Gasteiger partial charge in [-0.25, -0.2) is 4.98 Å². The average Bonchev–Trinajstić information content (AvgIpc) is 2.83. The number of H-pyrrole nitrogens is 1. The van der Waals surface area contributed by atoms with E-state index in [-0.39, 0.29) is 30.8 Å². The van der Waals surface area contributed by atoms with Crippen molar-refractivity contribution in [1.82, 2.24) is 20.1 Å². The van der Waals surface area contributed by atoms with Crippen LogP contribution in [0.15, 0.2) is 0 Å². The van der Waals surface area contributed by atoms with Crippen molar-refractivity contribution in [3.05, 3.63) is 11.6 Å². The number of nitrogens with zero attached hydrogens (tertiary/aromatic N) is 3. The van der Waals surface area contributed by atoms with Crippen LogP contribution in [-0.2, 0) is 4.74 Å². The number of aliphatic hydroxyl groups is 1. The van der Waals surface area contributed by atoms with Gasteiger partial charge >= 0.3 is 0 Å². The van der Waals surface area contributed by atoms with Gasteiger partial charge in [0, 0.05) is 26.1 Å². The third-order valence-electron chi connectivity index (χ3n) is 2.46. The topological polar surface area (TPSA) is 91.3 Å². The number of methoxy groups -OCH3 is 1. The fraction of sp³-hybridized carbons (Fsp3) is 0.727. The molecule has 0 saturated carbocycles. The van der Waals surface area contributed by atoms with Crippen LogP contribution < -0.4 is 0 Å². The Balaban J connectivity index is 2.74. The molecule has 1 heterocycles. The summed E-state index contributed by atoms with van der Waals surface area (Å²) in [6.07, 6.45) is 0. The lowest BCUT2D eigenvalue weighted by Gasteiger charge is -2.19. The second-order valence-electron chi connectivity index (χ2n) is 4.21. The zero-order valence-electron chi connectivity index (χ0n) is 11.0. The van der Waals surface area contributed by atoms with E-state index in [1.54, 1.807) is 7.11 Å². The molecule has 0 aromatic carbocycles. The van der Waals surface area contributed by atoms with Gasteiger partial charge in [0.15, 0.2) is 0 Å². The molecule has 0 radical (unpaired) electrons. The molecule has 102 valence electrons. The van der Waals surface area contributed by atoms with Crippen LogP contribution in [0.25, 0.3) is 0 Å². The van der Waals surface area contributed by atoms with Gasteiger partial charge in [0.25, 0.3) is 5.91 Å². The summed E-state index contributed by atoms with van der Waals surface area (Å²) in [6.45, 7) is 4.88. The van der Waals surface area contributed by atoms with Crippen LogP contribution in [0, 0.1) is 0 Å². The van der Waals surface area contributed by atoms with Crippen molar-refractivity contribution in [2.24, 2.45) is 0 Å². The molecule has 0 bridgehead atoms. The molecule has 1 amide bonds. The zero-order valence-corrected chi connectivity index (χ0v) is 11.0. The van der Waals surface area contributed by atoms with Crippen LogP contribution in [0.3, 0.4) is 0 Å². The molecule has 0 aliphatic carbocycles. The summed E-state index contributed by atoms with van der Waals surface area (Å²) in [6, 6.07) is 0. The third-order valence-corrected chi connectivity index (χ3v) is 2.46. The second kappa shape index (κ2) is 7.07. The van der Waals surface area contributed by atoms with E-state index in [1.807, 2.05) is 13.8 Å². The van der Waals surface area contributed by atoms with E-state index in [1.165, 1.54) is 4.90 Å². The Kier molecular flexibility index (Phi) is 5.73. The van der Waals surface area contributed by atoms with Crippen LogP contribution in [-0.4, -0.2) is 64.5 Å². The van der Waals surface area contributed by atoms with Crippen LogP contribution in [0.1, 0.15) is 36.2 Å². The highest BCUT2D eigenvalue weighted by Gasteiger charge is 2.20. The van der Waals surface area contributed by atoms with Crippen LogP contribution in [0.5, 0.6) is 0 Å². The summed E-state index contributed by atoms with van der Waals surface area (Å²) < 4.78 is 4.92. The van der Waals surface area contributed by atoms with E-state index in [9.17, 15) is 4.79 Å². The quantitative estimate of drug-likeness (QED) is 0.717. The summed E-state index contributed by atoms with van der Waals surface area (Å²) in [4.78, 5) is 17.7. The van der Waals surface area contributed by atoms with Crippen LogP contribution in [0.4, 0.5) is 0 Å². The molecule has 7 heteroatoms. The molecule has 1 rings (SSSR count). The number of aliphatic hydroxyl groups excluding tert-OH is 1. The van der Waals surface area contributed by atoms with E-state index in [2.05, 4.69) is 15.2 Å². The van der Waals surface area contributed by atoms with Gasteiger partial charge in [-0.1, -0.05) is 13.8 Å². The predicted molar refractivity (Wildman–Crippen MR) is 65.3 cm³/mol. The molecule has 18 heavy (non-hydrogen) atoms. The standard InChI is InChI=1S/C11H20N4O3/c1-8(2)9-12-10(14-13-9)11(17)15(4-6-16)5-7-18-3/h8,16H,4-7H2,1-3H3,(H,12,13,14). The fourth-order valence-corrected chi connectivity index (χ4v) is 1.41. The fourth-order valence-electron chi connectivity index (χ4n) is 1.41. The number of carbonyl (C=O) groups is 1. The molecule has 0 unspecified atom stereocenters. The number of aromatic amines is 1. The minimum atomic E-state index is -0.302. The number of rotatable bonds is 7. The number of nitrogens with one attached hydrogen (secondary N) is 1. The van der Waals surface area contributed by atoms with Gasteiger partial charge in [0.05, 0.1) is 13.2 Å². The molecule has 0 fully saturated rings. The first-order valence-electron chi connectivity index (χ1n) is 5.91. The summed E-state index contributed by atoms with van der Waals surface area (Å²) in [5, 5.41) is 15.6. The largest absolute Gasteiger partial charge is 0.395 e. The van der Waals surface area contributed by atoms with Crippen molar-refractivity contribution >= 4 is 5.91 Å². The van der Waals surface area contributed by atoms with Gasteiger partial charge in [-0.05, 0) is 0 Å². The molecular weight excluding hydrogens is 236 g/mol. The van der Waals surface area contributed by atoms with Crippen LogP contribution in [0.2, 0.25) is 0 Å². The van der Waals surface area contributed by atoms with Gasteiger partial charge in [-0.3, -0.25) is 9.89 Å². The molecule has 0 spiro atoms. The highest BCUT2D eigenvalue weighted by Crippen LogP contribution is 2.08. The normalized spacial score (nSPS) is 10.9. The smallest absolute Gasteiger partial charge is 0.293 e. The Hall–Kier alpha value is -1.47. The second-order valence-corrected chi connectivity index (χ2v) is 4.21. The summed E-state index contributed by atoms with van der Waals surface area (Å²) >= 11 is 0. The molecule has 2 N–H and O–H groups in total. The minimum absolute atomic E-state index is 0.100. The molecule has 0 aliphatic heterocycles. The average molecular weight is 256 g/mol. The first-order chi connectivity index (χ1) is 8.60. The van der Waals surface area contributed by atoms with E-state index >= 15 is 0 Å². The van der Waals surface area contributed by atoms with Crippen molar-refractivity contribution in [2.45, 2.75) is 19.8 Å². The van der Waals surface area contributed by atoms with Gasteiger partial charge in [-0.15, -0.1) is 5.10 Å². The summed E-state index contributed by atoms with van der Waals surface area (Å²) in [5.74, 6) is 0.686. The first kappa shape index (κ1) is 14.6. The molecule has 7 nitrogen and oxygen atoms in total. The lowest BCUT2D eigenvalue weighted by Crippen LogP contribution is -2.36. The number of aromatic nitrogens is 3. The molecule has 1 aromatic heterocycles. The maximum Gasteiger partial charge on any atom is 0.293 e. The lowest BCUT2D eigenvalue weighted by atomic mass is 10.2. The first-order valence-corrected chi connectivity index (χ1v) is 5.91. The van der Waals surface area contributed by atoms with Gasteiger partial charge in [0.2, 0.25) is 5.82 Å². The predicted octanol–water partition coefficient (Wildman–Crippen LogP) is 0.00900. The van der Waals surface area contributed by atoms with Gasteiger partial charge in [-0.2, -0.15) is 0 Å². The number of hydrogen-bond acceptors (Lipinski definition) is 5. The van der Waals surface area contributed by atoms with E-state index in [0.29, 0.717) is 19.0 Å². The lowest BCUT2D eigenvalue weighted by molar-refractivity contribution is 0.0645. The van der Waals surface area contributed by atoms with Crippen molar-refractivity contribution in [3.8, 4) is 0 Å². The SMILES string of the molecule is COCCN(CCO)C(=O)c1n[nH]c(C(C)C)n1. The number of ether oxygens (including phenoxy) is 1. The van der Waals surface area contributed by atoms with E-state index in [4.69, 9.17) is 9.84 Å². The van der Waals surface area contributed by atoms with Crippen molar-refractivity contribution in [2.75, 3.05) is 33.4 Å². The zero-order chi connectivity index (χ0) is 13.5. The van der Waals surface area contributed by atoms with Gasteiger partial charge in [0.1, 0.15) is 5.82 Å². The number of amides is 1. The maximum atomic E-state index is 12.1. The van der Waals surface area contributed by atoms with E-state index in [0.717, 1.165) is 0 Å². The van der Waals surface area contributed by atoms with Crippen molar-refractivity contribution in [3.63, 3.8) is 0 Å². The highest BCUT2D eigenvalue weighted by atomic mass is 16.5. The van der Waals surface area contributed by atoms with E-state index < -0.39 is 0 Å². The molecule has 0 saturated heterocycles. The summed E-state index contributed by atoms with van der Waals surface area (Å²) in [5.41, 5.74) is 0. The Morgan fingerprint density at radius 2 is 2.22 bits per heavy atom. The molecule has 0 atom stereocenters. The number of carbonyl (C=O) groups excluding carboxylic acids is 1. The Morgan fingerprint density at radius 3 is 2.72 bits per heavy atom. The molecule has 0 aliphatic rings. The third kappa shape index (κ3) is 3.78. The van der Waals surface area contributed by atoms with Crippen molar-refractivity contribution in [1.29, 1.82) is 0 Å².